The summed E-state index contributed by atoms with van der Waals surface area (Å²) >= 11 is 0. The highest BCUT2D eigenvalue weighted by atomic mass is 31.1. The van der Waals surface area contributed by atoms with Gasteiger partial charge in [-0.25, -0.2) is 4.79 Å². The van der Waals surface area contributed by atoms with Crippen LogP contribution < -0.4 is 41.3 Å². The molecule has 5 heteroatoms. The maximum absolute atomic E-state index is 13.0. The van der Waals surface area contributed by atoms with Crippen LogP contribution in [-0.4, -0.2) is 6.16 Å². The van der Waals surface area contributed by atoms with Crippen LogP contribution >= 0.6 is 15.8 Å². The van der Waals surface area contributed by atoms with Gasteiger partial charge in [-0.3, -0.25) is 0 Å². The van der Waals surface area contributed by atoms with Gasteiger partial charge in [0.25, 0.3) is 0 Å². The highest BCUT2D eigenvalue weighted by Crippen LogP contribution is 2.48. The topological polar surface area (TPSA) is 35.5 Å². The summed E-state index contributed by atoms with van der Waals surface area (Å²) in [5.41, 5.74) is 1.82. The van der Waals surface area contributed by atoms with Crippen LogP contribution in [-0.2, 0) is 0 Å². The molecule has 3 nitrogen and oxygen atoms in total. The molecule has 0 bridgehead atoms. The number of fused-ring (bicyclic) bond motifs is 3. The maximum atomic E-state index is 13.0. The third-order valence-corrected chi connectivity index (χ3v) is 12.2. The molecule has 0 saturated carbocycles. The molecule has 6 aromatic carbocycles. The number of hydrogen-bond donors (Lipinski definition) is 0. The molecular weight excluding hydrogens is 554 g/mol. The Bertz CT molecular complexity index is 1630. The Hall–Kier alpha value is -4.55. The van der Waals surface area contributed by atoms with Gasteiger partial charge < -0.3 is 9.47 Å². The third-order valence-electron chi connectivity index (χ3n) is 7.18. The Morgan fingerprint density at radius 3 is 0.976 bits per heavy atom. The zero-order valence-electron chi connectivity index (χ0n) is 22.6. The zero-order chi connectivity index (χ0) is 28.3. The van der Waals surface area contributed by atoms with E-state index in [1.165, 1.54) is 21.2 Å². The number of carbonyl (C=O) groups excluding carboxylic acids is 1. The Morgan fingerprint density at radius 1 is 0.357 bits per heavy atom. The molecule has 1 heterocycles. The molecule has 0 aliphatic carbocycles. The second-order valence-electron chi connectivity index (χ2n) is 9.77. The lowest BCUT2D eigenvalue weighted by atomic mass is 10.0. The standard InChI is InChI=1S/C37H26O3P2/c38-37-39-31-23-13-25-33(41(27-15-5-1-6-16-27)28-17-7-2-8-18-28)35(31)36-32(40-37)24-14-26-34(36)42(29-19-9-3-10-20-29)30-21-11-4-12-22-30/h1-26H. The zero-order valence-corrected chi connectivity index (χ0v) is 24.4. The van der Waals surface area contributed by atoms with E-state index in [1.807, 2.05) is 48.5 Å². The second kappa shape index (κ2) is 11.7. The lowest BCUT2D eigenvalue weighted by Gasteiger charge is -2.26. The fourth-order valence-electron chi connectivity index (χ4n) is 5.45. The molecule has 0 unspecified atom stereocenters. The number of rotatable bonds is 6. The highest BCUT2D eigenvalue weighted by molar-refractivity contribution is 7.80. The van der Waals surface area contributed by atoms with Crippen molar-refractivity contribution in [2.24, 2.45) is 0 Å². The highest BCUT2D eigenvalue weighted by Gasteiger charge is 2.33. The van der Waals surface area contributed by atoms with E-state index in [9.17, 15) is 4.79 Å². The van der Waals surface area contributed by atoms with Crippen LogP contribution in [0.2, 0.25) is 0 Å². The predicted molar refractivity (Wildman–Crippen MR) is 176 cm³/mol. The maximum Gasteiger partial charge on any atom is 0.519 e. The van der Waals surface area contributed by atoms with Crippen molar-refractivity contribution in [3.05, 3.63) is 158 Å². The number of ether oxygens (including phenoxy) is 2. The van der Waals surface area contributed by atoms with Gasteiger partial charge in [0, 0.05) is 11.1 Å². The minimum Gasteiger partial charge on any atom is -0.394 e. The van der Waals surface area contributed by atoms with Gasteiger partial charge >= 0.3 is 6.16 Å². The lowest BCUT2D eigenvalue weighted by Crippen LogP contribution is -2.26. The van der Waals surface area contributed by atoms with Crippen LogP contribution in [0.15, 0.2) is 158 Å². The summed E-state index contributed by atoms with van der Waals surface area (Å²) in [6.45, 7) is 0. The van der Waals surface area contributed by atoms with Gasteiger partial charge in [0.05, 0.1) is 0 Å². The SMILES string of the molecule is O=C1Oc2cccc(P(c3ccccc3)c3ccccc3)c2-c2c(cccc2P(c2ccccc2)c2ccccc2)O1. The average molecular weight is 581 g/mol. The van der Waals surface area contributed by atoms with E-state index in [2.05, 4.69) is 109 Å². The fourth-order valence-corrected chi connectivity index (χ4v) is 10.4. The van der Waals surface area contributed by atoms with E-state index >= 15 is 0 Å². The van der Waals surface area contributed by atoms with Gasteiger partial charge in [0.2, 0.25) is 0 Å². The smallest absolute Gasteiger partial charge is 0.394 e. The van der Waals surface area contributed by atoms with Crippen molar-refractivity contribution < 1.29 is 14.3 Å². The van der Waals surface area contributed by atoms with Gasteiger partial charge in [-0.05, 0) is 59.8 Å². The summed E-state index contributed by atoms with van der Waals surface area (Å²) in [4.78, 5) is 13.0. The van der Waals surface area contributed by atoms with Gasteiger partial charge in [0.1, 0.15) is 11.5 Å². The van der Waals surface area contributed by atoms with Crippen LogP contribution in [0.25, 0.3) is 11.1 Å². The van der Waals surface area contributed by atoms with Crippen LogP contribution in [0.4, 0.5) is 4.79 Å². The van der Waals surface area contributed by atoms with Gasteiger partial charge in [-0.15, -0.1) is 0 Å². The van der Waals surface area contributed by atoms with Crippen molar-refractivity contribution in [1.82, 2.24) is 0 Å². The lowest BCUT2D eigenvalue weighted by molar-refractivity contribution is 0.154. The first-order valence-electron chi connectivity index (χ1n) is 13.7. The molecule has 7 rings (SSSR count). The van der Waals surface area contributed by atoms with Gasteiger partial charge in [0.15, 0.2) is 0 Å². The first kappa shape index (κ1) is 26.4. The molecule has 6 aromatic rings. The molecule has 202 valence electrons. The third kappa shape index (κ3) is 5.03. The predicted octanol–water partition coefficient (Wildman–Crippen LogP) is 6.76. The Balaban J connectivity index is 1.55. The quantitative estimate of drug-likeness (QED) is 0.124. The summed E-state index contributed by atoms with van der Waals surface area (Å²) < 4.78 is 11.8. The molecule has 0 atom stereocenters. The van der Waals surface area contributed by atoms with Crippen LogP contribution in [0.5, 0.6) is 11.5 Å². The van der Waals surface area contributed by atoms with E-state index in [0.29, 0.717) is 11.5 Å². The first-order valence-corrected chi connectivity index (χ1v) is 16.4. The van der Waals surface area contributed by atoms with Crippen LogP contribution in [0.1, 0.15) is 0 Å². The largest absolute Gasteiger partial charge is 0.519 e. The minimum atomic E-state index is -0.991. The number of carbonyl (C=O) groups is 1. The molecule has 0 radical (unpaired) electrons. The van der Waals surface area contributed by atoms with E-state index < -0.39 is 22.0 Å². The minimum absolute atomic E-state index is 0.513. The first-order chi connectivity index (χ1) is 20.8. The van der Waals surface area contributed by atoms with Crippen molar-refractivity contribution in [3.63, 3.8) is 0 Å². The molecule has 0 saturated heterocycles. The number of hydrogen-bond acceptors (Lipinski definition) is 3. The summed E-state index contributed by atoms with van der Waals surface area (Å²) in [7, 11) is -1.98. The Kier molecular flexibility index (Phi) is 7.37. The van der Waals surface area contributed by atoms with Crippen molar-refractivity contribution in [2.45, 2.75) is 0 Å². The van der Waals surface area contributed by atoms with Crippen molar-refractivity contribution in [3.8, 4) is 22.6 Å². The summed E-state index contributed by atoms with van der Waals surface area (Å²) in [5, 5.41) is 7.10. The van der Waals surface area contributed by atoms with Crippen LogP contribution in [0, 0.1) is 0 Å². The average Bonchev–Trinajstić information content (AvgIpc) is 3.19. The van der Waals surface area contributed by atoms with Gasteiger partial charge in [-0.1, -0.05) is 146 Å². The summed E-state index contributed by atoms with van der Waals surface area (Å²) in [5.74, 6) is 1.03. The van der Waals surface area contributed by atoms with Crippen molar-refractivity contribution >= 4 is 53.8 Å². The Morgan fingerprint density at radius 2 is 0.667 bits per heavy atom. The van der Waals surface area contributed by atoms with E-state index in [1.54, 1.807) is 0 Å². The molecule has 1 aliphatic rings. The van der Waals surface area contributed by atoms with Crippen molar-refractivity contribution in [1.29, 1.82) is 0 Å². The second-order valence-corrected chi connectivity index (χ2v) is 14.1. The molecular formula is C37H26O3P2. The van der Waals surface area contributed by atoms with Crippen molar-refractivity contribution in [2.75, 3.05) is 0 Å². The van der Waals surface area contributed by atoms with E-state index in [4.69, 9.17) is 9.47 Å². The molecule has 0 amide bonds. The molecule has 42 heavy (non-hydrogen) atoms. The van der Waals surface area contributed by atoms with Crippen LogP contribution in [0.3, 0.4) is 0 Å². The Labute approximate surface area is 247 Å². The summed E-state index contributed by atoms with van der Waals surface area (Å²) in [6, 6.07) is 54.4. The number of benzene rings is 6. The van der Waals surface area contributed by atoms with E-state index in [-0.39, 0.29) is 0 Å². The monoisotopic (exact) mass is 580 g/mol. The normalized spacial score (nSPS) is 12.2. The molecule has 0 N–H and O–H groups in total. The molecule has 0 spiro atoms. The summed E-state index contributed by atoms with van der Waals surface area (Å²) in [6.07, 6.45) is -0.725. The fraction of sp³-hybridized carbons (Fsp3) is 0. The van der Waals surface area contributed by atoms with E-state index in [0.717, 1.165) is 21.7 Å². The molecule has 0 aromatic heterocycles. The van der Waals surface area contributed by atoms with Gasteiger partial charge in [-0.2, -0.15) is 0 Å². The molecule has 1 aliphatic heterocycles. The molecule has 0 fully saturated rings.